The maximum absolute atomic E-state index is 12.8. The fraction of sp³-hybridized carbons (Fsp3) is 0.261. The van der Waals surface area contributed by atoms with Crippen LogP contribution >= 0.6 is 11.3 Å². The van der Waals surface area contributed by atoms with Crippen molar-refractivity contribution < 1.29 is 23.5 Å². The predicted octanol–water partition coefficient (Wildman–Crippen LogP) is 3.38. The summed E-state index contributed by atoms with van der Waals surface area (Å²) in [6.07, 6.45) is 2.64. The molecule has 166 valence electrons. The SMILES string of the molecule is COC(CNC(=O)C(=O)Nc1ccc2c(c1)CCCN2C(=O)c1cccs1)c1ccco1. The van der Waals surface area contributed by atoms with Crippen LogP contribution < -0.4 is 15.5 Å². The van der Waals surface area contributed by atoms with E-state index in [0.717, 1.165) is 24.1 Å². The van der Waals surface area contributed by atoms with E-state index in [1.165, 1.54) is 24.7 Å². The van der Waals surface area contributed by atoms with Gasteiger partial charge in [-0.15, -0.1) is 11.3 Å². The van der Waals surface area contributed by atoms with E-state index in [4.69, 9.17) is 9.15 Å². The number of amides is 3. The third kappa shape index (κ3) is 4.74. The van der Waals surface area contributed by atoms with Gasteiger partial charge in [-0.2, -0.15) is 0 Å². The Bertz CT molecular complexity index is 1100. The van der Waals surface area contributed by atoms with E-state index in [0.29, 0.717) is 22.9 Å². The molecule has 1 aliphatic heterocycles. The van der Waals surface area contributed by atoms with E-state index < -0.39 is 17.9 Å². The Morgan fingerprint density at radius 3 is 2.78 bits per heavy atom. The Hall–Kier alpha value is -3.43. The maximum Gasteiger partial charge on any atom is 0.313 e. The molecule has 0 radical (unpaired) electrons. The number of hydrogen-bond acceptors (Lipinski definition) is 6. The lowest BCUT2D eigenvalue weighted by molar-refractivity contribution is -0.136. The molecule has 0 saturated heterocycles. The van der Waals surface area contributed by atoms with Gasteiger partial charge in [-0.05, 0) is 60.2 Å². The number of methoxy groups -OCH3 is 1. The van der Waals surface area contributed by atoms with Gasteiger partial charge in [0.25, 0.3) is 5.91 Å². The molecule has 1 aromatic carbocycles. The molecule has 0 fully saturated rings. The minimum Gasteiger partial charge on any atom is -0.467 e. The number of benzene rings is 1. The minimum absolute atomic E-state index is 0.0265. The van der Waals surface area contributed by atoms with Crippen LogP contribution in [0, 0.1) is 0 Å². The van der Waals surface area contributed by atoms with Crippen molar-refractivity contribution in [3.05, 3.63) is 70.3 Å². The zero-order chi connectivity index (χ0) is 22.5. The number of furan rings is 1. The number of hydrogen-bond donors (Lipinski definition) is 2. The first-order chi connectivity index (χ1) is 15.6. The molecular formula is C23H23N3O5S. The van der Waals surface area contributed by atoms with Crippen molar-refractivity contribution >= 4 is 40.4 Å². The third-order valence-electron chi connectivity index (χ3n) is 5.23. The number of nitrogens with one attached hydrogen (secondary N) is 2. The van der Waals surface area contributed by atoms with Gasteiger partial charge in [0.2, 0.25) is 0 Å². The number of rotatable bonds is 6. The summed E-state index contributed by atoms with van der Waals surface area (Å²) in [5.41, 5.74) is 2.29. The molecule has 0 bridgehead atoms. The second kappa shape index (κ2) is 9.80. The molecular weight excluding hydrogens is 430 g/mol. The summed E-state index contributed by atoms with van der Waals surface area (Å²) >= 11 is 1.41. The predicted molar refractivity (Wildman–Crippen MR) is 121 cm³/mol. The van der Waals surface area contributed by atoms with Crippen molar-refractivity contribution in [2.24, 2.45) is 0 Å². The first-order valence-electron chi connectivity index (χ1n) is 10.2. The summed E-state index contributed by atoms with van der Waals surface area (Å²) < 4.78 is 10.6. The van der Waals surface area contributed by atoms with Crippen molar-refractivity contribution in [2.45, 2.75) is 18.9 Å². The van der Waals surface area contributed by atoms with Crippen LogP contribution in [0.2, 0.25) is 0 Å². The van der Waals surface area contributed by atoms with Crippen molar-refractivity contribution in [3.63, 3.8) is 0 Å². The number of carbonyl (C=O) groups is 3. The van der Waals surface area contributed by atoms with Gasteiger partial charge in [-0.3, -0.25) is 14.4 Å². The van der Waals surface area contributed by atoms with Gasteiger partial charge in [0.05, 0.1) is 17.7 Å². The van der Waals surface area contributed by atoms with Gasteiger partial charge in [0.15, 0.2) is 0 Å². The number of fused-ring (bicyclic) bond motifs is 1. The molecule has 32 heavy (non-hydrogen) atoms. The fourth-order valence-electron chi connectivity index (χ4n) is 3.65. The highest BCUT2D eigenvalue weighted by Crippen LogP contribution is 2.31. The van der Waals surface area contributed by atoms with Gasteiger partial charge in [0, 0.05) is 25.0 Å². The van der Waals surface area contributed by atoms with E-state index >= 15 is 0 Å². The number of aryl methyl sites for hydroxylation is 1. The van der Waals surface area contributed by atoms with Gasteiger partial charge in [-0.1, -0.05) is 6.07 Å². The zero-order valence-corrected chi connectivity index (χ0v) is 18.3. The fourth-order valence-corrected chi connectivity index (χ4v) is 4.32. The molecule has 2 aromatic heterocycles. The Morgan fingerprint density at radius 1 is 1.19 bits per heavy atom. The van der Waals surface area contributed by atoms with E-state index in [9.17, 15) is 14.4 Å². The van der Waals surface area contributed by atoms with Crippen molar-refractivity contribution in [2.75, 3.05) is 30.4 Å². The summed E-state index contributed by atoms with van der Waals surface area (Å²) in [5.74, 6) is -1.02. The van der Waals surface area contributed by atoms with E-state index in [1.54, 1.807) is 23.1 Å². The van der Waals surface area contributed by atoms with Gasteiger partial charge in [0.1, 0.15) is 11.9 Å². The number of nitrogens with zero attached hydrogens (tertiary/aromatic N) is 1. The molecule has 9 heteroatoms. The molecule has 1 atom stereocenters. The number of thiophene rings is 1. The van der Waals surface area contributed by atoms with Crippen LogP contribution in [0.3, 0.4) is 0 Å². The van der Waals surface area contributed by atoms with Crippen LogP contribution in [-0.4, -0.2) is 37.9 Å². The van der Waals surface area contributed by atoms with Crippen LogP contribution in [0.25, 0.3) is 0 Å². The molecule has 3 heterocycles. The van der Waals surface area contributed by atoms with Crippen LogP contribution in [0.4, 0.5) is 11.4 Å². The smallest absolute Gasteiger partial charge is 0.313 e. The van der Waals surface area contributed by atoms with E-state index in [1.807, 2.05) is 29.6 Å². The molecule has 0 saturated carbocycles. The maximum atomic E-state index is 12.8. The molecule has 4 rings (SSSR count). The highest BCUT2D eigenvalue weighted by Gasteiger charge is 2.25. The Kier molecular flexibility index (Phi) is 6.67. The van der Waals surface area contributed by atoms with E-state index in [2.05, 4.69) is 10.6 Å². The first kappa shape index (κ1) is 21.8. The molecule has 0 aliphatic carbocycles. The second-order valence-corrected chi connectivity index (χ2v) is 8.23. The summed E-state index contributed by atoms with van der Waals surface area (Å²) in [6, 6.07) is 12.5. The lowest BCUT2D eigenvalue weighted by Crippen LogP contribution is -2.38. The van der Waals surface area contributed by atoms with Gasteiger partial charge >= 0.3 is 11.8 Å². The molecule has 1 aliphatic rings. The summed E-state index contributed by atoms with van der Waals surface area (Å²) in [4.78, 5) is 39.8. The second-order valence-electron chi connectivity index (χ2n) is 7.29. The summed E-state index contributed by atoms with van der Waals surface area (Å²) in [5, 5.41) is 7.06. The normalized spacial score (nSPS) is 13.8. The van der Waals surface area contributed by atoms with Crippen LogP contribution in [0.1, 0.15) is 33.5 Å². The number of carbonyl (C=O) groups excluding carboxylic acids is 3. The lowest BCUT2D eigenvalue weighted by Gasteiger charge is -2.29. The van der Waals surface area contributed by atoms with Crippen LogP contribution in [0.15, 0.2) is 58.5 Å². The molecule has 8 nitrogen and oxygen atoms in total. The Labute approximate surface area is 189 Å². The third-order valence-corrected chi connectivity index (χ3v) is 6.09. The first-order valence-corrected chi connectivity index (χ1v) is 11.1. The highest BCUT2D eigenvalue weighted by molar-refractivity contribution is 7.12. The molecule has 1 unspecified atom stereocenters. The standard InChI is InChI=1S/C23H23N3O5S/c1-30-19(18-6-3-11-31-18)14-24-21(27)22(28)25-16-8-9-17-15(13-16)5-2-10-26(17)23(29)20-7-4-12-32-20/h3-4,6-9,11-13,19H,2,5,10,14H2,1H3,(H,24,27)(H,25,28). The molecule has 2 N–H and O–H groups in total. The van der Waals surface area contributed by atoms with Crippen molar-refractivity contribution in [1.82, 2.24) is 5.32 Å². The average molecular weight is 454 g/mol. The highest BCUT2D eigenvalue weighted by atomic mass is 32.1. The van der Waals surface area contributed by atoms with E-state index in [-0.39, 0.29) is 12.5 Å². The molecule has 0 spiro atoms. The molecule has 3 aromatic rings. The zero-order valence-electron chi connectivity index (χ0n) is 17.5. The Morgan fingerprint density at radius 2 is 2.06 bits per heavy atom. The van der Waals surface area contributed by atoms with Gasteiger partial charge < -0.3 is 24.7 Å². The van der Waals surface area contributed by atoms with Crippen LogP contribution in [0.5, 0.6) is 0 Å². The van der Waals surface area contributed by atoms with Crippen LogP contribution in [-0.2, 0) is 20.7 Å². The monoisotopic (exact) mass is 453 g/mol. The largest absolute Gasteiger partial charge is 0.467 e. The quantitative estimate of drug-likeness (QED) is 0.558. The number of anilines is 2. The topological polar surface area (TPSA) is 101 Å². The minimum atomic E-state index is -0.776. The Balaban J connectivity index is 1.39. The van der Waals surface area contributed by atoms with Crippen molar-refractivity contribution in [1.29, 1.82) is 0 Å². The van der Waals surface area contributed by atoms with Gasteiger partial charge in [-0.25, -0.2) is 0 Å². The lowest BCUT2D eigenvalue weighted by atomic mass is 10.0. The summed E-state index contributed by atoms with van der Waals surface area (Å²) in [7, 11) is 1.50. The summed E-state index contributed by atoms with van der Waals surface area (Å²) in [6.45, 7) is 0.744. The number of ether oxygens (including phenoxy) is 1. The molecule has 3 amide bonds. The van der Waals surface area contributed by atoms with Crippen molar-refractivity contribution in [3.8, 4) is 0 Å². The average Bonchev–Trinajstić information content (AvgIpc) is 3.53.